The Morgan fingerprint density at radius 1 is 1.19 bits per heavy atom. The number of fused-ring (bicyclic) bond motifs is 1. The lowest BCUT2D eigenvalue weighted by atomic mass is 10.0. The number of hydrogen-bond donors (Lipinski definition) is 1. The van der Waals surface area contributed by atoms with Crippen LogP contribution < -0.4 is 5.84 Å². The van der Waals surface area contributed by atoms with Crippen molar-refractivity contribution in [1.29, 1.82) is 0 Å². The van der Waals surface area contributed by atoms with Crippen LogP contribution in [0.3, 0.4) is 0 Å². The average Bonchev–Trinajstić information content (AvgIpc) is 2.29. The number of benzene rings is 2. The van der Waals surface area contributed by atoms with Gasteiger partial charge in [-0.2, -0.15) is 0 Å². The molecular formula is C13H14N2O. The maximum atomic E-state index is 11.6. The van der Waals surface area contributed by atoms with Gasteiger partial charge in [-0.1, -0.05) is 42.5 Å². The molecule has 0 spiro atoms. The number of nitrogens with two attached hydrogens (primary N) is 1. The van der Waals surface area contributed by atoms with E-state index in [1.807, 2.05) is 42.5 Å². The molecule has 0 heterocycles. The number of nitrogens with zero attached hydrogens (tertiary/aromatic N) is 1. The Balaban J connectivity index is 2.41. The van der Waals surface area contributed by atoms with E-state index in [0.29, 0.717) is 6.42 Å². The molecule has 0 aromatic heterocycles. The molecule has 0 bridgehead atoms. The van der Waals surface area contributed by atoms with E-state index in [9.17, 15) is 4.79 Å². The molecule has 0 unspecified atom stereocenters. The maximum absolute atomic E-state index is 11.6. The number of amides is 1. The van der Waals surface area contributed by atoms with Crippen LogP contribution in [0.5, 0.6) is 0 Å². The number of rotatable bonds is 2. The van der Waals surface area contributed by atoms with Crippen molar-refractivity contribution in [1.82, 2.24) is 5.01 Å². The van der Waals surface area contributed by atoms with Crippen molar-refractivity contribution in [3.05, 3.63) is 48.0 Å². The van der Waals surface area contributed by atoms with Gasteiger partial charge in [0.1, 0.15) is 0 Å². The molecule has 3 heteroatoms. The van der Waals surface area contributed by atoms with E-state index in [2.05, 4.69) is 0 Å². The Morgan fingerprint density at radius 2 is 1.88 bits per heavy atom. The lowest BCUT2D eigenvalue weighted by Gasteiger charge is -2.11. The Morgan fingerprint density at radius 3 is 2.62 bits per heavy atom. The SMILES string of the molecule is CN(N)C(=O)Cc1cccc2ccccc12. The van der Waals surface area contributed by atoms with Gasteiger partial charge in [-0.3, -0.25) is 9.80 Å². The minimum Gasteiger partial charge on any atom is -0.284 e. The molecule has 0 radical (unpaired) electrons. The molecule has 2 rings (SSSR count). The zero-order chi connectivity index (χ0) is 11.5. The van der Waals surface area contributed by atoms with Crippen molar-refractivity contribution in [2.75, 3.05) is 7.05 Å². The van der Waals surface area contributed by atoms with E-state index in [1.165, 1.54) is 0 Å². The van der Waals surface area contributed by atoms with Crippen molar-refractivity contribution in [3.8, 4) is 0 Å². The highest BCUT2D eigenvalue weighted by atomic mass is 16.2. The van der Waals surface area contributed by atoms with Gasteiger partial charge in [0.15, 0.2) is 0 Å². The van der Waals surface area contributed by atoms with Crippen LogP contribution in [-0.4, -0.2) is 18.0 Å². The van der Waals surface area contributed by atoms with Gasteiger partial charge in [0.2, 0.25) is 5.91 Å². The summed E-state index contributed by atoms with van der Waals surface area (Å²) in [6, 6.07) is 14.0. The first-order valence-electron chi connectivity index (χ1n) is 5.16. The van der Waals surface area contributed by atoms with Gasteiger partial charge in [-0.25, -0.2) is 5.84 Å². The van der Waals surface area contributed by atoms with E-state index in [1.54, 1.807) is 7.05 Å². The van der Waals surface area contributed by atoms with Crippen LogP contribution in [0, 0.1) is 0 Å². The zero-order valence-corrected chi connectivity index (χ0v) is 9.18. The van der Waals surface area contributed by atoms with Gasteiger partial charge in [0, 0.05) is 7.05 Å². The fourth-order valence-electron chi connectivity index (χ4n) is 1.73. The van der Waals surface area contributed by atoms with E-state index in [0.717, 1.165) is 21.3 Å². The van der Waals surface area contributed by atoms with Crippen LogP contribution in [0.1, 0.15) is 5.56 Å². The van der Waals surface area contributed by atoms with Crippen LogP contribution in [0.2, 0.25) is 0 Å². The van der Waals surface area contributed by atoms with Gasteiger partial charge < -0.3 is 0 Å². The molecule has 2 N–H and O–H groups in total. The maximum Gasteiger partial charge on any atom is 0.240 e. The minimum atomic E-state index is -0.0867. The standard InChI is InChI=1S/C13H14N2O/c1-15(14)13(16)9-11-7-4-6-10-5-2-3-8-12(10)11/h2-8H,9,14H2,1H3. The van der Waals surface area contributed by atoms with Crippen LogP contribution >= 0.6 is 0 Å². The van der Waals surface area contributed by atoms with Crippen molar-refractivity contribution in [3.63, 3.8) is 0 Å². The van der Waals surface area contributed by atoms with Crippen LogP contribution in [-0.2, 0) is 11.2 Å². The number of likely N-dealkylation sites (N-methyl/N-ethyl adjacent to an activating group) is 1. The molecular weight excluding hydrogens is 200 g/mol. The van der Waals surface area contributed by atoms with Gasteiger partial charge >= 0.3 is 0 Å². The third-order valence-corrected chi connectivity index (χ3v) is 2.62. The lowest BCUT2D eigenvalue weighted by Crippen LogP contribution is -2.34. The summed E-state index contributed by atoms with van der Waals surface area (Å²) in [7, 11) is 1.56. The predicted molar refractivity (Wildman–Crippen MR) is 64.6 cm³/mol. The van der Waals surface area contributed by atoms with Gasteiger partial charge in [0.25, 0.3) is 0 Å². The predicted octanol–water partition coefficient (Wildman–Crippen LogP) is 1.71. The van der Waals surface area contributed by atoms with Crippen LogP contribution in [0.4, 0.5) is 0 Å². The van der Waals surface area contributed by atoms with Crippen molar-refractivity contribution >= 4 is 16.7 Å². The van der Waals surface area contributed by atoms with E-state index >= 15 is 0 Å². The Labute approximate surface area is 94.4 Å². The highest BCUT2D eigenvalue weighted by Gasteiger charge is 2.08. The summed E-state index contributed by atoms with van der Waals surface area (Å²) in [5.41, 5.74) is 1.01. The Kier molecular flexibility index (Phi) is 2.88. The molecule has 0 saturated heterocycles. The monoisotopic (exact) mass is 214 g/mol. The summed E-state index contributed by atoms with van der Waals surface area (Å²) in [6.45, 7) is 0. The van der Waals surface area contributed by atoms with E-state index in [4.69, 9.17) is 5.84 Å². The van der Waals surface area contributed by atoms with Gasteiger partial charge in [0.05, 0.1) is 6.42 Å². The number of carbonyl (C=O) groups is 1. The first kappa shape index (κ1) is 10.6. The fourth-order valence-corrected chi connectivity index (χ4v) is 1.73. The molecule has 1 amide bonds. The quantitative estimate of drug-likeness (QED) is 0.470. The molecule has 0 aliphatic heterocycles. The second kappa shape index (κ2) is 4.33. The molecule has 0 fully saturated rings. The topological polar surface area (TPSA) is 46.3 Å². The Bertz CT molecular complexity index is 515. The molecule has 0 saturated carbocycles. The third-order valence-electron chi connectivity index (χ3n) is 2.62. The molecule has 2 aromatic carbocycles. The molecule has 2 aromatic rings. The number of hydrogen-bond acceptors (Lipinski definition) is 2. The molecule has 82 valence electrons. The summed E-state index contributed by atoms with van der Waals surface area (Å²) in [5, 5.41) is 3.38. The summed E-state index contributed by atoms with van der Waals surface area (Å²) >= 11 is 0. The van der Waals surface area contributed by atoms with Crippen molar-refractivity contribution < 1.29 is 4.79 Å². The van der Waals surface area contributed by atoms with Crippen molar-refractivity contribution in [2.45, 2.75) is 6.42 Å². The second-order valence-corrected chi connectivity index (χ2v) is 3.82. The van der Waals surface area contributed by atoms with Gasteiger partial charge in [-0.15, -0.1) is 0 Å². The fraction of sp³-hybridized carbons (Fsp3) is 0.154. The van der Waals surface area contributed by atoms with Gasteiger partial charge in [-0.05, 0) is 16.3 Å². The number of hydrazine groups is 1. The Hall–Kier alpha value is -1.87. The smallest absolute Gasteiger partial charge is 0.240 e. The summed E-state index contributed by atoms with van der Waals surface area (Å²) < 4.78 is 0. The molecule has 0 atom stereocenters. The molecule has 0 aliphatic rings. The average molecular weight is 214 g/mol. The summed E-state index contributed by atoms with van der Waals surface area (Å²) in [4.78, 5) is 11.6. The largest absolute Gasteiger partial charge is 0.284 e. The third kappa shape index (κ3) is 2.04. The first-order valence-corrected chi connectivity index (χ1v) is 5.16. The second-order valence-electron chi connectivity index (χ2n) is 3.82. The van der Waals surface area contributed by atoms with Crippen molar-refractivity contribution in [2.24, 2.45) is 5.84 Å². The molecule has 3 nitrogen and oxygen atoms in total. The summed E-state index contributed by atoms with van der Waals surface area (Å²) in [6.07, 6.45) is 0.342. The molecule has 16 heavy (non-hydrogen) atoms. The van der Waals surface area contributed by atoms with Crippen LogP contribution in [0.15, 0.2) is 42.5 Å². The first-order chi connectivity index (χ1) is 7.68. The van der Waals surface area contributed by atoms with E-state index in [-0.39, 0.29) is 5.91 Å². The normalized spacial score (nSPS) is 10.4. The number of carbonyl (C=O) groups excluding carboxylic acids is 1. The van der Waals surface area contributed by atoms with E-state index < -0.39 is 0 Å². The highest BCUT2D eigenvalue weighted by molar-refractivity contribution is 5.90. The van der Waals surface area contributed by atoms with Crippen LogP contribution in [0.25, 0.3) is 10.8 Å². The molecule has 0 aliphatic carbocycles. The minimum absolute atomic E-state index is 0.0867. The highest BCUT2D eigenvalue weighted by Crippen LogP contribution is 2.18. The lowest BCUT2D eigenvalue weighted by molar-refractivity contribution is -0.129. The zero-order valence-electron chi connectivity index (χ0n) is 9.18. The summed E-state index contributed by atoms with van der Waals surface area (Å²) in [5.74, 6) is 5.32.